The van der Waals surface area contributed by atoms with Gasteiger partial charge < -0.3 is 0 Å². The van der Waals surface area contributed by atoms with Gasteiger partial charge >= 0.3 is 0 Å². The first-order valence-corrected chi connectivity index (χ1v) is 6.85. The van der Waals surface area contributed by atoms with Crippen molar-refractivity contribution in [3.05, 3.63) is 69.2 Å². The summed E-state index contributed by atoms with van der Waals surface area (Å²) in [5.41, 5.74) is 1.89. The van der Waals surface area contributed by atoms with E-state index in [1.54, 1.807) is 24.3 Å². The highest BCUT2D eigenvalue weighted by atomic mass is 79.9. The zero-order valence-electron chi connectivity index (χ0n) is 9.70. The molecule has 0 fully saturated rings. The van der Waals surface area contributed by atoms with Gasteiger partial charge in [-0.05, 0) is 48.4 Å². The van der Waals surface area contributed by atoms with E-state index in [-0.39, 0.29) is 5.78 Å². The van der Waals surface area contributed by atoms with Crippen LogP contribution in [-0.4, -0.2) is 5.78 Å². The summed E-state index contributed by atoms with van der Waals surface area (Å²) in [4.78, 5) is 11.9. The lowest BCUT2D eigenvalue weighted by molar-refractivity contribution is 0.0983. The van der Waals surface area contributed by atoms with Crippen molar-refractivity contribution in [2.75, 3.05) is 0 Å². The lowest BCUT2D eigenvalue weighted by Gasteiger charge is -2.02. The second-order valence-electron chi connectivity index (χ2n) is 4.06. The molecule has 0 aromatic heterocycles. The van der Waals surface area contributed by atoms with E-state index >= 15 is 0 Å². The van der Waals surface area contributed by atoms with Gasteiger partial charge in [0.1, 0.15) is 0 Å². The van der Waals surface area contributed by atoms with Crippen LogP contribution in [-0.2, 0) is 6.42 Å². The maximum atomic E-state index is 11.9. The highest BCUT2D eigenvalue weighted by Gasteiger charge is 2.05. The minimum atomic E-state index is 0.148. The van der Waals surface area contributed by atoms with Crippen LogP contribution in [0.3, 0.4) is 0 Å². The van der Waals surface area contributed by atoms with E-state index in [1.807, 2.05) is 24.3 Å². The molecular weight excluding hydrogens is 312 g/mol. The topological polar surface area (TPSA) is 17.1 Å². The Kier molecular flexibility index (Phi) is 4.56. The first-order valence-electron chi connectivity index (χ1n) is 5.68. The Bertz CT molecular complexity index is 531. The fourth-order valence-corrected chi connectivity index (χ4v) is 2.08. The molecule has 2 rings (SSSR count). The summed E-state index contributed by atoms with van der Waals surface area (Å²) in [5.74, 6) is 0.148. The summed E-state index contributed by atoms with van der Waals surface area (Å²) in [6, 6.07) is 15.1. The number of carbonyl (C=O) groups is 1. The molecule has 0 spiro atoms. The van der Waals surface area contributed by atoms with E-state index in [1.165, 1.54) is 5.56 Å². The molecule has 0 aliphatic rings. The average Bonchev–Trinajstić information content (AvgIpc) is 2.38. The number of hydrogen-bond acceptors (Lipinski definition) is 1. The predicted octanol–water partition coefficient (Wildman–Crippen LogP) is 4.92. The van der Waals surface area contributed by atoms with Crippen LogP contribution < -0.4 is 0 Å². The zero-order chi connectivity index (χ0) is 13.0. The number of rotatable bonds is 4. The third-order valence-corrected chi connectivity index (χ3v) is 3.50. The second-order valence-corrected chi connectivity index (χ2v) is 5.41. The van der Waals surface area contributed by atoms with Crippen molar-refractivity contribution in [3.63, 3.8) is 0 Å². The summed E-state index contributed by atoms with van der Waals surface area (Å²) < 4.78 is 1.05. The van der Waals surface area contributed by atoms with Crippen molar-refractivity contribution in [1.29, 1.82) is 0 Å². The van der Waals surface area contributed by atoms with Crippen LogP contribution in [0.2, 0.25) is 5.02 Å². The van der Waals surface area contributed by atoms with Crippen LogP contribution in [0.25, 0.3) is 0 Å². The SMILES string of the molecule is O=C(CCc1ccc(Br)cc1)c1ccc(Cl)cc1. The maximum absolute atomic E-state index is 11.9. The Morgan fingerprint density at radius 3 is 2.22 bits per heavy atom. The Morgan fingerprint density at radius 1 is 1.00 bits per heavy atom. The van der Waals surface area contributed by atoms with E-state index in [0.29, 0.717) is 11.4 Å². The largest absolute Gasteiger partial charge is 0.294 e. The van der Waals surface area contributed by atoms with Crippen molar-refractivity contribution >= 4 is 33.3 Å². The monoisotopic (exact) mass is 322 g/mol. The summed E-state index contributed by atoms with van der Waals surface area (Å²) in [7, 11) is 0. The number of halogens is 2. The van der Waals surface area contributed by atoms with Gasteiger partial charge in [-0.2, -0.15) is 0 Å². The molecule has 0 amide bonds. The first-order chi connectivity index (χ1) is 8.65. The lowest BCUT2D eigenvalue weighted by Crippen LogP contribution is -2.00. The van der Waals surface area contributed by atoms with Gasteiger partial charge in [-0.1, -0.05) is 39.7 Å². The van der Waals surface area contributed by atoms with E-state index < -0.39 is 0 Å². The first kappa shape index (κ1) is 13.3. The molecule has 0 saturated carbocycles. The van der Waals surface area contributed by atoms with E-state index in [4.69, 9.17) is 11.6 Å². The number of Topliss-reactive ketones (excluding diaryl/α,β-unsaturated/α-hetero) is 1. The van der Waals surface area contributed by atoms with Crippen molar-refractivity contribution < 1.29 is 4.79 Å². The van der Waals surface area contributed by atoms with Crippen molar-refractivity contribution in [2.45, 2.75) is 12.8 Å². The predicted molar refractivity (Wildman–Crippen MR) is 78.2 cm³/mol. The zero-order valence-corrected chi connectivity index (χ0v) is 12.0. The van der Waals surface area contributed by atoms with Gasteiger partial charge in [0.05, 0.1) is 0 Å². The van der Waals surface area contributed by atoms with Crippen LogP contribution in [0, 0.1) is 0 Å². The Hall–Kier alpha value is -1.12. The molecule has 0 aliphatic heterocycles. The van der Waals surface area contributed by atoms with Crippen LogP contribution in [0.5, 0.6) is 0 Å². The van der Waals surface area contributed by atoms with Crippen LogP contribution in [0.4, 0.5) is 0 Å². The maximum Gasteiger partial charge on any atom is 0.163 e. The number of hydrogen-bond donors (Lipinski definition) is 0. The van der Waals surface area contributed by atoms with E-state index in [0.717, 1.165) is 16.5 Å². The molecule has 0 N–H and O–H groups in total. The third kappa shape index (κ3) is 3.69. The lowest BCUT2D eigenvalue weighted by atomic mass is 10.0. The van der Waals surface area contributed by atoms with Gasteiger partial charge in [-0.15, -0.1) is 0 Å². The van der Waals surface area contributed by atoms with Crippen LogP contribution >= 0.6 is 27.5 Å². The number of carbonyl (C=O) groups excluding carboxylic acids is 1. The molecule has 0 heterocycles. The van der Waals surface area contributed by atoms with Crippen molar-refractivity contribution in [1.82, 2.24) is 0 Å². The van der Waals surface area contributed by atoms with Gasteiger partial charge in [-0.3, -0.25) is 4.79 Å². The Morgan fingerprint density at radius 2 is 1.61 bits per heavy atom. The Labute approximate surface area is 120 Å². The normalized spacial score (nSPS) is 10.3. The molecule has 2 aromatic rings. The van der Waals surface area contributed by atoms with Crippen LogP contribution in [0.1, 0.15) is 22.3 Å². The number of aryl methyl sites for hydroxylation is 1. The summed E-state index contributed by atoms with van der Waals surface area (Å²) in [6.45, 7) is 0. The van der Waals surface area contributed by atoms with Crippen LogP contribution in [0.15, 0.2) is 53.0 Å². The van der Waals surface area contributed by atoms with E-state index in [2.05, 4.69) is 15.9 Å². The van der Waals surface area contributed by atoms with Crippen molar-refractivity contribution in [2.24, 2.45) is 0 Å². The van der Waals surface area contributed by atoms with Gasteiger partial charge in [0.2, 0.25) is 0 Å². The molecule has 0 unspecified atom stereocenters. The molecule has 92 valence electrons. The molecule has 18 heavy (non-hydrogen) atoms. The minimum absolute atomic E-state index is 0.148. The molecule has 1 nitrogen and oxygen atoms in total. The summed E-state index contributed by atoms with van der Waals surface area (Å²) in [5, 5.41) is 0.652. The molecule has 2 aromatic carbocycles. The molecule has 0 atom stereocenters. The molecule has 0 bridgehead atoms. The average molecular weight is 324 g/mol. The smallest absolute Gasteiger partial charge is 0.163 e. The molecular formula is C15H12BrClO. The van der Waals surface area contributed by atoms with Gasteiger partial charge in [-0.25, -0.2) is 0 Å². The van der Waals surface area contributed by atoms with Gasteiger partial charge in [0.25, 0.3) is 0 Å². The molecule has 3 heteroatoms. The summed E-state index contributed by atoms with van der Waals surface area (Å²) >= 11 is 9.18. The molecule has 0 saturated heterocycles. The highest BCUT2D eigenvalue weighted by Crippen LogP contribution is 2.14. The fourth-order valence-electron chi connectivity index (χ4n) is 1.69. The standard InChI is InChI=1S/C15H12BrClO/c16-13-6-1-11(2-7-13)3-10-15(18)12-4-8-14(17)9-5-12/h1-2,4-9H,3,10H2. The Balaban J connectivity index is 1.96. The molecule has 0 radical (unpaired) electrons. The van der Waals surface area contributed by atoms with E-state index in [9.17, 15) is 4.79 Å². The van der Waals surface area contributed by atoms with Gasteiger partial charge in [0.15, 0.2) is 5.78 Å². The number of ketones is 1. The number of benzene rings is 2. The minimum Gasteiger partial charge on any atom is -0.294 e. The molecule has 0 aliphatic carbocycles. The van der Waals surface area contributed by atoms with Crippen molar-refractivity contribution in [3.8, 4) is 0 Å². The summed E-state index contributed by atoms with van der Waals surface area (Å²) in [6.07, 6.45) is 1.28. The second kappa shape index (κ2) is 6.17. The third-order valence-electron chi connectivity index (χ3n) is 2.72. The highest BCUT2D eigenvalue weighted by molar-refractivity contribution is 9.10. The fraction of sp³-hybridized carbons (Fsp3) is 0.133. The van der Waals surface area contributed by atoms with Gasteiger partial charge in [0, 0.05) is 21.5 Å². The quantitative estimate of drug-likeness (QED) is 0.730.